The van der Waals surface area contributed by atoms with Crippen molar-refractivity contribution in [3.8, 4) is 0 Å². The fourth-order valence-corrected chi connectivity index (χ4v) is 3.86. The topological polar surface area (TPSA) is 64.2 Å². The standard InChI is InChI=1S/C24H26F2N4O/c25-20-10-8-17(13-21(20)26)7-9-19(27)14-24(31)30-12-11-29-15-22(28-23(29)16-30)18-5-3-1-2-4-6-18/h1,3-6,8,10,13,15,19H,2,7,9,11-12,14,16,27H2. The first-order chi connectivity index (χ1) is 15.0. The first-order valence-corrected chi connectivity index (χ1v) is 10.6. The van der Waals surface area contributed by atoms with Crippen LogP contribution in [0.2, 0.25) is 0 Å². The van der Waals surface area contributed by atoms with Crippen LogP contribution < -0.4 is 5.73 Å². The van der Waals surface area contributed by atoms with Crippen molar-refractivity contribution in [3.05, 3.63) is 83.5 Å². The summed E-state index contributed by atoms with van der Waals surface area (Å²) in [7, 11) is 0. The van der Waals surface area contributed by atoms with Crippen LogP contribution >= 0.6 is 0 Å². The number of nitrogens with two attached hydrogens (primary N) is 1. The molecule has 2 aliphatic rings. The predicted molar refractivity (Wildman–Crippen MR) is 116 cm³/mol. The second kappa shape index (κ2) is 9.39. The summed E-state index contributed by atoms with van der Waals surface area (Å²) >= 11 is 0. The highest BCUT2D eigenvalue weighted by Crippen LogP contribution is 2.21. The van der Waals surface area contributed by atoms with Crippen molar-refractivity contribution in [2.24, 2.45) is 5.73 Å². The minimum Gasteiger partial charge on any atom is -0.333 e. The molecule has 2 N–H and O–H groups in total. The Hall–Kier alpha value is -3.06. The van der Waals surface area contributed by atoms with E-state index < -0.39 is 11.6 Å². The Morgan fingerprint density at radius 2 is 2.06 bits per heavy atom. The number of aryl methyl sites for hydroxylation is 1. The van der Waals surface area contributed by atoms with Crippen molar-refractivity contribution in [2.75, 3.05) is 6.54 Å². The molecule has 0 fully saturated rings. The average Bonchev–Trinajstić information content (AvgIpc) is 2.99. The summed E-state index contributed by atoms with van der Waals surface area (Å²) in [6.07, 6.45) is 14.5. The monoisotopic (exact) mass is 424 g/mol. The zero-order chi connectivity index (χ0) is 21.8. The van der Waals surface area contributed by atoms with Gasteiger partial charge in [-0.15, -0.1) is 0 Å². The van der Waals surface area contributed by atoms with E-state index in [1.807, 2.05) is 18.3 Å². The SMILES string of the molecule is NC(CCc1ccc(F)c(F)c1)CC(=O)N1CCn2cc(C3=CC=CCC=C3)nc2C1. The largest absolute Gasteiger partial charge is 0.333 e. The second-order valence-corrected chi connectivity index (χ2v) is 7.99. The van der Waals surface area contributed by atoms with Gasteiger partial charge in [-0.25, -0.2) is 13.8 Å². The number of hydrogen-bond acceptors (Lipinski definition) is 3. The van der Waals surface area contributed by atoms with E-state index in [4.69, 9.17) is 10.7 Å². The molecule has 0 saturated carbocycles. The van der Waals surface area contributed by atoms with Crippen molar-refractivity contribution in [2.45, 2.75) is 44.8 Å². The molecule has 0 bridgehead atoms. The Kier molecular flexibility index (Phi) is 6.42. The third kappa shape index (κ3) is 5.17. The fourth-order valence-electron chi connectivity index (χ4n) is 3.86. The van der Waals surface area contributed by atoms with Gasteiger partial charge in [0, 0.05) is 37.3 Å². The highest BCUT2D eigenvalue weighted by atomic mass is 19.2. The maximum absolute atomic E-state index is 13.3. The Morgan fingerprint density at radius 3 is 2.90 bits per heavy atom. The zero-order valence-corrected chi connectivity index (χ0v) is 17.3. The smallest absolute Gasteiger partial charge is 0.224 e. The molecule has 0 spiro atoms. The van der Waals surface area contributed by atoms with Gasteiger partial charge in [-0.3, -0.25) is 4.79 Å². The van der Waals surface area contributed by atoms with Gasteiger partial charge in [0.25, 0.3) is 0 Å². The Bertz CT molecular complexity index is 1050. The minimum absolute atomic E-state index is 0.00917. The van der Waals surface area contributed by atoms with Gasteiger partial charge in [0.2, 0.25) is 5.91 Å². The molecule has 2 aromatic rings. The number of fused-ring (bicyclic) bond motifs is 1. The van der Waals surface area contributed by atoms with E-state index >= 15 is 0 Å². The molecule has 1 atom stereocenters. The van der Waals surface area contributed by atoms with E-state index in [-0.39, 0.29) is 18.4 Å². The summed E-state index contributed by atoms with van der Waals surface area (Å²) in [6, 6.07) is 3.50. The van der Waals surface area contributed by atoms with E-state index in [1.54, 1.807) is 11.0 Å². The van der Waals surface area contributed by atoms with E-state index in [0.717, 1.165) is 29.6 Å². The van der Waals surface area contributed by atoms with Crippen LogP contribution in [0.1, 0.15) is 36.3 Å². The molecule has 5 nitrogen and oxygen atoms in total. The van der Waals surface area contributed by atoms with Crippen molar-refractivity contribution in [3.63, 3.8) is 0 Å². The van der Waals surface area contributed by atoms with Crippen LogP contribution in [-0.4, -0.2) is 32.9 Å². The van der Waals surface area contributed by atoms with Crippen LogP contribution in [0.25, 0.3) is 5.57 Å². The van der Waals surface area contributed by atoms with E-state index in [2.05, 4.69) is 22.8 Å². The molecule has 31 heavy (non-hydrogen) atoms. The number of carbonyl (C=O) groups is 1. The number of carbonyl (C=O) groups excluding carboxylic acids is 1. The van der Waals surface area contributed by atoms with Gasteiger partial charge in [-0.2, -0.15) is 0 Å². The Balaban J connectivity index is 1.32. The molecule has 1 aromatic heterocycles. The first kappa shape index (κ1) is 21.2. The van der Waals surface area contributed by atoms with Crippen LogP contribution in [0.3, 0.4) is 0 Å². The van der Waals surface area contributed by atoms with Crippen LogP contribution in [0.4, 0.5) is 8.78 Å². The number of rotatable bonds is 6. The van der Waals surface area contributed by atoms with E-state index in [9.17, 15) is 13.6 Å². The van der Waals surface area contributed by atoms with Gasteiger partial charge in [0.1, 0.15) is 5.82 Å². The number of nitrogens with zero attached hydrogens (tertiary/aromatic N) is 3. The summed E-state index contributed by atoms with van der Waals surface area (Å²) < 4.78 is 28.5. The van der Waals surface area contributed by atoms with Crippen LogP contribution in [-0.2, 0) is 24.3 Å². The minimum atomic E-state index is -0.864. The molecule has 4 rings (SSSR count). The normalized spacial score (nSPS) is 16.6. The van der Waals surface area contributed by atoms with Gasteiger partial charge >= 0.3 is 0 Å². The lowest BCUT2D eigenvalue weighted by molar-refractivity contribution is -0.133. The predicted octanol–water partition coefficient (Wildman–Crippen LogP) is 3.75. The third-order valence-electron chi connectivity index (χ3n) is 5.66. The summed E-state index contributed by atoms with van der Waals surface area (Å²) in [4.78, 5) is 19.3. The van der Waals surface area contributed by atoms with Gasteiger partial charge in [0.15, 0.2) is 11.6 Å². The highest BCUT2D eigenvalue weighted by Gasteiger charge is 2.24. The van der Waals surface area contributed by atoms with Crippen LogP contribution in [0.15, 0.2) is 54.8 Å². The molecular weight excluding hydrogens is 398 g/mol. The summed E-state index contributed by atoms with van der Waals surface area (Å²) in [5, 5.41) is 0. The molecule has 7 heteroatoms. The summed E-state index contributed by atoms with van der Waals surface area (Å²) in [6.45, 7) is 1.78. The number of imidazole rings is 1. The lowest BCUT2D eigenvalue weighted by Gasteiger charge is -2.28. The van der Waals surface area contributed by atoms with E-state index in [1.165, 1.54) is 6.07 Å². The summed E-state index contributed by atoms with van der Waals surface area (Å²) in [5.74, 6) is -0.869. The first-order valence-electron chi connectivity index (χ1n) is 10.6. The highest BCUT2D eigenvalue weighted by molar-refractivity contribution is 5.77. The molecule has 162 valence electrons. The molecule has 2 heterocycles. The molecule has 0 saturated heterocycles. The van der Waals surface area contributed by atoms with Crippen LogP contribution in [0.5, 0.6) is 0 Å². The molecule has 1 aliphatic heterocycles. The number of hydrogen-bond donors (Lipinski definition) is 1. The third-order valence-corrected chi connectivity index (χ3v) is 5.66. The lowest BCUT2D eigenvalue weighted by Crippen LogP contribution is -2.40. The van der Waals surface area contributed by atoms with Gasteiger partial charge in [-0.05, 0) is 37.0 Å². The fraction of sp³-hybridized carbons (Fsp3) is 0.333. The second-order valence-electron chi connectivity index (χ2n) is 7.99. The van der Waals surface area contributed by atoms with Crippen molar-refractivity contribution in [1.29, 1.82) is 0 Å². The average molecular weight is 424 g/mol. The molecule has 1 aromatic carbocycles. The Labute approximate surface area is 180 Å². The van der Waals surface area contributed by atoms with E-state index in [0.29, 0.717) is 38.0 Å². The zero-order valence-electron chi connectivity index (χ0n) is 17.3. The number of halogens is 2. The molecular formula is C24H26F2N4O. The lowest BCUT2D eigenvalue weighted by atomic mass is 10.0. The molecule has 1 unspecified atom stereocenters. The van der Waals surface area contributed by atoms with Crippen molar-refractivity contribution >= 4 is 11.5 Å². The number of aromatic nitrogens is 2. The van der Waals surface area contributed by atoms with Crippen LogP contribution in [0, 0.1) is 11.6 Å². The van der Waals surface area contributed by atoms with Gasteiger partial charge < -0.3 is 15.2 Å². The molecule has 1 amide bonds. The Morgan fingerprint density at radius 1 is 1.19 bits per heavy atom. The van der Waals surface area contributed by atoms with Crippen molar-refractivity contribution < 1.29 is 13.6 Å². The van der Waals surface area contributed by atoms with Crippen molar-refractivity contribution in [1.82, 2.24) is 14.5 Å². The molecule has 0 radical (unpaired) electrons. The maximum atomic E-state index is 13.3. The quantitative estimate of drug-likeness (QED) is 0.768. The summed E-state index contributed by atoms with van der Waals surface area (Å²) in [5.41, 5.74) is 8.80. The number of benzene rings is 1. The maximum Gasteiger partial charge on any atom is 0.224 e. The van der Waals surface area contributed by atoms with Gasteiger partial charge in [0.05, 0.1) is 12.2 Å². The number of allylic oxidation sites excluding steroid dienone is 6. The molecule has 1 aliphatic carbocycles. The number of amides is 1. The van der Waals surface area contributed by atoms with Gasteiger partial charge in [-0.1, -0.05) is 36.4 Å².